The van der Waals surface area contributed by atoms with E-state index in [1.165, 1.54) is 24.0 Å². The molecule has 120 valence electrons. The zero-order valence-corrected chi connectivity index (χ0v) is 15.2. The van der Waals surface area contributed by atoms with E-state index in [0.717, 1.165) is 6.54 Å². The largest absolute Gasteiger partial charge is 0.310 e. The Labute approximate surface area is 132 Å². The van der Waals surface area contributed by atoms with Gasteiger partial charge in [-0.25, -0.2) is 0 Å². The van der Waals surface area contributed by atoms with E-state index in [9.17, 15) is 0 Å². The highest BCUT2D eigenvalue weighted by atomic mass is 14.9. The van der Waals surface area contributed by atoms with E-state index in [-0.39, 0.29) is 0 Å². The molecule has 0 spiro atoms. The third-order valence-corrected chi connectivity index (χ3v) is 5.04. The van der Waals surface area contributed by atoms with Crippen molar-refractivity contribution in [1.82, 2.24) is 5.32 Å². The standard InChI is InChI=1S/C20H35N/c1-8-15(3)17-10-12-18(13-11-17)19(21-9-2)14-16(4)20(5,6)7/h10-13,15-16,19,21H,8-9,14H2,1-7H3. The zero-order valence-electron chi connectivity index (χ0n) is 15.2. The highest BCUT2D eigenvalue weighted by molar-refractivity contribution is 5.27. The van der Waals surface area contributed by atoms with Crippen LogP contribution in [0.1, 0.15) is 84.4 Å². The van der Waals surface area contributed by atoms with Crippen LogP contribution >= 0.6 is 0 Å². The van der Waals surface area contributed by atoms with Crippen molar-refractivity contribution >= 4 is 0 Å². The maximum Gasteiger partial charge on any atom is 0.0322 e. The predicted octanol–water partition coefficient (Wildman–Crippen LogP) is 5.92. The van der Waals surface area contributed by atoms with Gasteiger partial charge in [-0.15, -0.1) is 0 Å². The van der Waals surface area contributed by atoms with Gasteiger partial charge in [-0.2, -0.15) is 0 Å². The first kappa shape index (κ1) is 18.2. The number of nitrogens with one attached hydrogen (secondary N) is 1. The lowest BCUT2D eigenvalue weighted by atomic mass is 9.77. The molecule has 0 heterocycles. The molecule has 0 amide bonds. The second-order valence-corrected chi connectivity index (χ2v) is 7.59. The molecule has 0 saturated carbocycles. The summed E-state index contributed by atoms with van der Waals surface area (Å²) >= 11 is 0. The summed E-state index contributed by atoms with van der Waals surface area (Å²) in [6.07, 6.45) is 2.40. The minimum atomic E-state index is 0.365. The van der Waals surface area contributed by atoms with Gasteiger partial charge in [0, 0.05) is 6.04 Å². The molecule has 0 aliphatic rings. The van der Waals surface area contributed by atoms with Crippen LogP contribution in [0.25, 0.3) is 0 Å². The Morgan fingerprint density at radius 3 is 1.90 bits per heavy atom. The summed E-state index contributed by atoms with van der Waals surface area (Å²) in [6, 6.07) is 9.75. The summed E-state index contributed by atoms with van der Waals surface area (Å²) in [5, 5.41) is 3.66. The highest BCUT2D eigenvalue weighted by Gasteiger charge is 2.24. The van der Waals surface area contributed by atoms with Gasteiger partial charge in [0.25, 0.3) is 0 Å². The minimum absolute atomic E-state index is 0.365. The van der Waals surface area contributed by atoms with Crippen LogP contribution in [0.3, 0.4) is 0 Å². The van der Waals surface area contributed by atoms with Crippen molar-refractivity contribution < 1.29 is 0 Å². The van der Waals surface area contributed by atoms with Crippen LogP contribution in [0.5, 0.6) is 0 Å². The van der Waals surface area contributed by atoms with Crippen LogP contribution in [0.15, 0.2) is 24.3 Å². The molecule has 1 nitrogen and oxygen atoms in total. The summed E-state index contributed by atoms with van der Waals surface area (Å²) in [5.74, 6) is 1.35. The number of hydrogen-bond donors (Lipinski definition) is 1. The van der Waals surface area contributed by atoms with Crippen LogP contribution in [-0.2, 0) is 0 Å². The monoisotopic (exact) mass is 289 g/mol. The van der Waals surface area contributed by atoms with Crippen molar-refractivity contribution in [2.45, 2.75) is 73.3 Å². The zero-order chi connectivity index (χ0) is 16.0. The first-order chi connectivity index (χ1) is 9.79. The SMILES string of the molecule is CCNC(CC(C)C(C)(C)C)c1ccc(C(C)CC)cc1. The van der Waals surface area contributed by atoms with Crippen LogP contribution in [0.2, 0.25) is 0 Å². The Kier molecular flexibility index (Phi) is 6.93. The third kappa shape index (κ3) is 5.47. The van der Waals surface area contributed by atoms with Crippen molar-refractivity contribution in [3.05, 3.63) is 35.4 Å². The highest BCUT2D eigenvalue weighted by Crippen LogP contribution is 2.33. The fraction of sp³-hybridized carbons (Fsp3) is 0.700. The molecule has 0 fully saturated rings. The van der Waals surface area contributed by atoms with E-state index < -0.39 is 0 Å². The predicted molar refractivity (Wildman–Crippen MR) is 94.8 cm³/mol. The van der Waals surface area contributed by atoms with Crippen molar-refractivity contribution in [3.63, 3.8) is 0 Å². The third-order valence-electron chi connectivity index (χ3n) is 5.04. The summed E-state index contributed by atoms with van der Waals surface area (Å²) < 4.78 is 0. The Bertz CT molecular complexity index is 399. The van der Waals surface area contributed by atoms with E-state index in [0.29, 0.717) is 23.3 Å². The van der Waals surface area contributed by atoms with E-state index in [1.807, 2.05) is 0 Å². The molecular formula is C20H35N. The van der Waals surface area contributed by atoms with E-state index in [1.54, 1.807) is 0 Å². The molecule has 21 heavy (non-hydrogen) atoms. The molecule has 1 aromatic carbocycles. The lowest BCUT2D eigenvalue weighted by molar-refractivity contribution is 0.224. The Hall–Kier alpha value is -0.820. The van der Waals surface area contributed by atoms with Crippen molar-refractivity contribution in [2.75, 3.05) is 6.54 Å². The van der Waals surface area contributed by atoms with Gasteiger partial charge in [-0.3, -0.25) is 0 Å². The summed E-state index contributed by atoms with van der Waals surface area (Å²) in [6.45, 7) is 17.2. The van der Waals surface area contributed by atoms with E-state index >= 15 is 0 Å². The van der Waals surface area contributed by atoms with E-state index in [4.69, 9.17) is 0 Å². The molecule has 1 heteroatoms. The maximum atomic E-state index is 3.66. The summed E-state index contributed by atoms with van der Waals surface area (Å²) in [7, 11) is 0. The fourth-order valence-corrected chi connectivity index (χ4v) is 2.58. The van der Waals surface area contributed by atoms with Gasteiger partial charge >= 0.3 is 0 Å². The van der Waals surface area contributed by atoms with Gasteiger partial charge < -0.3 is 5.32 Å². The minimum Gasteiger partial charge on any atom is -0.310 e. The molecule has 1 N–H and O–H groups in total. The molecule has 3 atom stereocenters. The Balaban J connectivity index is 2.85. The lowest BCUT2D eigenvalue weighted by Gasteiger charge is -2.31. The topological polar surface area (TPSA) is 12.0 Å². The first-order valence-electron chi connectivity index (χ1n) is 8.62. The molecule has 0 aromatic heterocycles. The number of hydrogen-bond acceptors (Lipinski definition) is 1. The van der Waals surface area contributed by atoms with Gasteiger partial charge in [-0.05, 0) is 47.8 Å². The summed E-state index contributed by atoms with van der Waals surface area (Å²) in [5.41, 5.74) is 3.25. The van der Waals surface area contributed by atoms with Crippen molar-refractivity contribution in [3.8, 4) is 0 Å². The Morgan fingerprint density at radius 2 is 1.48 bits per heavy atom. The first-order valence-corrected chi connectivity index (χ1v) is 8.62. The Morgan fingerprint density at radius 1 is 0.952 bits per heavy atom. The maximum absolute atomic E-state index is 3.66. The lowest BCUT2D eigenvalue weighted by Crippen LogP contribution is -2.27. The van der Waals surface area contributed by atoms with Gasteiger partial charge in [0.2, 0.25) is 0 Å². The molecule has 1 rings (SSSR count). The fourth-order valence-electron chi connectivity index (χ4n) is 2.58. The van der Waals surface area contributed by atoms with E-state index in [2.05, 4.69) is 78.0 Å². The smallest absolute Gasteiger partial charge is 0.0322 e. The second kappa shape index (κ2) is 7.98. The molecule has 3 unspecified atom stereocenters. The molecule has 0 aliphatic heterocycles. The molecular weight excluding hydrogens is 254 g/mol. The van der Waals surface area contributed by atoms with Gasteiger partial charge in [0.05, 0.1) is 0 Å². The molecule has 0 radical (unpaired) electrons. The van der Waals surface area contributed by atoms with Gasteiger partial charge in [0.15, 0.2) is 0 Å². The van der Waals surface area contributed by atoms with Crippen LogP contribution in [0.4, 0.5) is 0 Å². The van der Waals surface area contributed by atoms with Gasteiger partial charge in [-0.1, -0.05) is 72.7 Å². The average molecular weight is 290 g/mol. The average Bonchev–Trinajstić information content (AvgIpc) is 2.45. The molecule has 1 aromatic rings. The second-order valence-electron chi connectivity index (χ2n) is 7.59. The van der Waals surface area contributed by atoms with Crippen LogP contribution < -0.4 is 5.32 Å². The molecule has 0 aliphatic carbocycles. The number of rotatable bonds is 7. The molecule has 0 saturated heterocycles. The molecule has 0 bridgehead atoms. The van der Waals surface area contributed by atoms with Crippen LogP contribution in [0, 0.1) is 11.3 Å². The van der Waals surface area contributed by atoms with Crippen molar-refractivity contribution in [2.24, 2.45) is 11.3 Å². The quantitative estimate of drug-likeness (QED) is 0.656. The van der Waals surface area contributed by atoms with Crippen LogP contribution in [-0.4, -0.2) is 6.54 Å². The van der Waals surface area contributed by atoms with Gasteiger partial charge in [0.1, 0.15) is 0 Å². The summed E-state index contributed by atoms with van der Waals surface area (Å²) in [4.78, 5) is 0. The number of benzene rings is 1. The van der Waals surface area contributed by atoms with Crippen molar-refractivity contribution in [1.29, 1.82) is 0 Å². The normalized spacial score (nSPS) is 16.5.